The van der Waals surface area contributed by atoms with Gasteiger partial charge in [0.2, 0.25) is 0 Å². The summed E-state index contributed by atoms with van der Waals surface area (Å²) in [5.41, 5.74) is 2.22. The van der Waals surface area contributed by atoms with Gasteiger partial charge in [0.25, 0.3) is 0 Å². The third-order valence-corrected chi connectivity index (χ3v) is 7.93. The maximum atomic E-state index is 15.0. The summed E-state index contributed by atoms with van der Waals surface area (Å²) >= 11 is 0. The number of hydrogen-bond acceptors (Lipinski definition) is 0. The lowest BCUT2D eigenvalue weighted by Crippen LogP contribution is -2.23. The molecule has 0 N–H and O–H groups in total. The van der Waals surface area contributed by atoms with E-state index in [4.69, 9.17) is 0 Å². The van der Waals surface area contributed by atoms with E-state index in [-0.39, 0.29) is 5.82 Å². The van der Waals surface area contributed by atoms with Crippen molar-refractivity contribution in [3.8, 4) is 0 Å². The number of aryl methyl sites for hydroxylation is 1. The Morgan fingerprint density at radius 2 is 1.73 bits per heavy atom. The van der Waals surface area contributed by atoms with Crippen LogP contribution in [0.1, 0.15) is 121 Å². The van der Waals surface area contributed by atoms with Gasteiger partial charge >= 0.3 is 0 Å². The van der Waals surface area contributed by atoms with Crippen LogP contribution < -0.4 is 0 Å². The van der Waals surface area contributed by atoms with Crippen molar-refractivity contribution < 1.29 is 4.39 Å². The van der Waals surface area contributed by atoms with Gasteiger partial charge in [-0.05, 0) is 92.2 Å². The van der Waals surface area contributed by atoms with Gasteiger partial charge in [0, 0.05) is 0 Å². The van der Waals surface area contributed by atoms with Gasteiger partial charge in [-0.1, -0.05) is 83.1 Å². The summed E-state index contributed by atoms with van der Waals surface area (Å²) in [7, 11) is 0. The molecule has 2 aliphatic rings. The zero-order valence-corrected chi connectivity index (χ0v) is 19.7. The summed E-state index contributed by atoms with van der Waals surface area (Å²) in [4.78, 5) is 0. The number of allylic oxidation sites excluding steroid dienone is 2. The first kappa shape index (κ1) is 23.6. The van der Waals surface area contributed by atoms with Crippen LogP contribution in [0.4, 0.5) is 4.39 Å². The highest BCUT2D eigenvalue weighted by atomic mass is 19.1. The number of rotatable bonds is 11. The topological polar surface area (TPSA) is 0 Å². The minimum atomic E-state index is 0.0530. The van der Waals surface area contributed by atoms with Crippen LogP contribution in [0.25, 0.3) is 0 Å². The molecular weight excluding hydrogens is 367 g/mol. The van der Waals surface area contributed by atoms with E-state index in [0.29, 0.717) is 5.92 Å². The van der Waals surface area contributed by atoms with Crippen molar-refractivity contribution in [1.29, 1.82) is 0 Å². The Morgan fingerprint density at radius 1 is 0.900 bits per heavy atom. The van der Waals surface area contributed by atoms with Crippen LogP contribution in [-0.4, -0.2) is 0 Å². The molecule has 0 aliphatic heterocycles. The fourth-order valence-corrected chi connectivity index (χ4v) is 6.06. The van der Waals surface area contributed by atoms with E-state index < -0.39 is 0 Å². The Kier molecular flexibility index (Phi) is 9.95. The predicted molar refractivity (Wildman–Crippen MR) is 128 cm³/mol. The molecule has 2 atom stereocenters. The molecule has 1 saturated carbocycles. The molecule has 2 aliphatic carbocycles. The van der Waals surface area contributed by atoms with Crippen LogP contribution in [0.5, 0.6) is 0 Å². The second-order valence-electron chi connectivity index (χ2n) is 10.2. The number of unbranched alkanes of at least 4 members (excludes halogenated alkanes) is 3. The van der Waals surface area contributed by atoms with E-state index in [2.05, 4.69) is 38.1 Å². The molecule has 1 fully saturated rings. The monoisotopic (exact) mass is 412 g/mol. The predicted octanol–water partition coefficient (Wildman–Crippen LogP) is 9.38. The lowest BCUT2D eigenvalue weighted by atomic mass is 9.69. The third-order valence-electron chi connectivity index (χ3n) is 7.93. The van der Waals surface area contributed by atoms with E-state index in [0.717, 1.165) is 36.2 Å². The van der Waals surface area contributed by atoms with Crippen LogP contribution in [0.2, 0.25) is 0 Å². The molecule has 0 radical (unpaired) electrons. The maximum absolute atomic E-state index is 15.0. The van der Waals surface area contributed by atoms with Crippen LogP contribution >= 0.6 is 0 Å². The van der Waals surface area contributed by atoms with Crippen molar-refractivity contribution in [2.45, 2.75) is 116 Å². The Morgan fingerprint density at radius 3 is 2.40 bits per heavy atom. The average molecular weight is 413 g/mol. The van der Waals surface area contributed by atoms with E-state index in [1.54, 1.807) is 0 Å². The lowest BCUT2D eigenvalue weighted by Gasteiger charge is -2.36. The summed E-state index contributed by atoms with van der Waals surface area (Å²) in [6.07, 6.45) is 23.6. The molecule has 1 aromatic carbocycles. The molecule has 1 aromatic rings. The number of hydrogen-bond donors (Lipinski definition) is 0. The summed E-state index contributed by atoms with van der Waals surface area (Å²) in [5.74, 6) is 3.07. The van der Waals surface area contributed by atoms with Crippen LogP contribution in [0, 0.1) is 23.6 Å². The molecule has 168 valence electrons. The number of halogens is 1. The third kappa shape index (κ3) is 6.96. The van der Waals surface area contributed by atoms with Crippen LogP contribution in [0.3, 0.4) is 0 Å². The Hall–Kier alpha value is -1.11. The standard InChI is InChI=1S/C29H45F/c1-3-5-6-10-14-26-19-20-27(22-29(26)30)28(21-24-12-8-7-9-13-24)25-17-15-23(11-4-2)16-18-25/h7-8,19-20,22-25,28H,3-6,9-18,21H2,1-2H3. The van der Waals surface area contributed by atoms with Gasteiger partial charge in [-0.15, -0.1) is 0 Å². The van der Waals surface area contributed by atoms with Crippen LogP contribution in [-0.2, 0) is 6.42 Å². The SMILES string of the molecule is CCCCCCc1ccc(C(CC2CC=CCC2)C2CCC(CCC)CC2)cc1F. The molecule has 0 heterocycles. The van der Waals surface area contributed by atoms with E-state index in [1.165, 1.54) is 89.0 Å². The molecule has 30 heavy (non-hydrogen) atoms. The first-order valence-corrected chi connectivity index (χ1v) is 13.1. The lowest BCUT2D eigenvalue weighted by molar-refractivity contribution is 0.211. The van der Waals surface area contributed by atoms with Gasteiger partial charge in [-0.3, -0.25) is 0 Å². The molecule has 1 heteroatoms. The van der Waals surface area contributed by atoms with Gasteiger partial charge in [-0.25, -0.2) is 4.39 Å². The second kappa shape index (κ2) is 12.7. The van der Waals surface area contributed by atoms with E-state index in [9.17, 15) is 0 Å². The highest BCUT2D eigenvalue weighted by Crippen LogP contribution is 2.44. The van der Waals surface area contributed by atoms with Crippen molar-refractivity contribution in [2.24, 2.45) is 17.8 Å². The molecule has 3 rings (SSSR count). The van der Waals surface area contributed by atoms with E-state index >= 15 is 4.39 Å². The Bertz CT molecular complexity index is 638. The Balaban J connectivity index is 1.69. The van der Waals surface area contributed by atoms with E-state index in [1.807, 2.05) is 6.07 Å². The first-order chi connectivity index (χ1) is 14.7. The summed E-state index contributed by atoms with van der Waals surface area (Å²) in [6, 6.07) is 6.34. The largest absolute Gasteiger partial charge is 0.207 e. The van der Waals surface area contributed by atoms with Crippen molar-refractivity contribution in [2.75, 3.05) is 0 Å². The van der Waals surface area contributed by atoms with Gasteiger partial charge in [0.1, 0.15) is 5.82 Å². The van der Waals surface area contributed by atoms with Gasteiger partial charge < -0.3 is 0 Å². The molecule has 0 spiro atoms. The molecule has 0 aromatic heterocycles. The zero-order valence-electron chi connectivity index (χ0n) is 19.7. The molecule has 2 unspecified atom stereocenters. The fourth-order valence-electron chi connectivity index (χ4n) is 6.06. The second-order valence-corrected chi connectivity index (χ2v) is 10.2. The molecule has 0 nitrogen and oxygen atoms in total. The smallest absolute Gasteiger partial charge is 0.126 e. The van der Waals surface area contributed by atoms with Crippen molar-refractivity contribution in [3.63, 3.8) is 0 Å². The van der Waals surface area contributed by atoms with Crippen molar-refractivity contribution >= 4 is 0 Å². The molecule has 0 amide bonds. The average Bonchev–Trinajstić information content (AvgIpc) is 2.78. The summed E-state index contributed by atoms with van der Waals surface area (Å²) in [5, 5.41) is 0. The number of benzene rings is 1. The quantitative estimate of drug-likeness (QED) is 0.251. The van der Waals surface area contributed by atoms with Gasteiger partial charge in [0.15, 0.2) is 0 Å². The van der Waals surface area contributed by atoms with Crippen molar-refractivity contribution in [1.82, 2.24) is 0 Å². The summed E-state index contributed by atoms with van der Waals surface area (Å²) in [6.45, 7) is 4.55. The fraction of sp³-hybridized carbons (Fsp3) is 0.724. The van der Waals surface area contributed by atoms with Crippen molar-refractivity contribution in [3.05, 3.63) is 47.3 Å². The van der Waals surface area contributed by atoms with Crippen LogP contribution in [0.15, 0.2) is 30.4 Å². The molecule has 0 saturated heterocycles. The summed E-state index contributed by atoms with van der Waals surface area (Å²) < 4.78 is 15.0. The zero-order chi connectivity index (χ0) is 21.2. The van der Waals surface area contributed by atoms with Gasteiger partial charge in [0.05, 0.1) is 0 Å². The highest BCUT2D eigenvalue weighted by Gasteiger charge is 2.30. The van der Waals surface area contributed by atoms with Gasteiger partial charge in [-0.2, -0.15) is 0 Å². The first-order valence-electron chi connectivity index (χ1n) is 13.1. The molecular formula is C29H45F. The molecule has 0 bridgehead atoms. The Labute approximate surface area is 185 Å². The normalized spacial score (nSPS) is 25.4. The maximum Gasteiger partial charge on any atom is 0.126 e. The highest BCUT2D eigenvalue weighted by molar-refractivity contribution is 5.28. The minimum absolute atomic E-state index is 0.0530. The minimum Gasteiger partial charge on any atom is -0.207 e.